The Balaban J connectivity index is 1.68. The maximum atomic E-state index is 4.90. The molecule has 1 atom stereocenters. The Labute approximate surface area is 159 Å². The van der Waals surface area contributed by atoms with Crippen LogP contribution >= 0.6 is 11.8 Å². The molecule has 136 valence electrons. The van der Waals surface area contributed by atoms with Gasteiger partial charge in [-0.2, -0.15) is 0 Å². The number of hydrogen-bond acceptors (Lipinski definition) is 6. The maximum absolute atomic E-state index is 4.90. The molecule has 0 spiro atoms. The van der Waals surface area contributed by atoms with Gasteiger partial charge < -0.3 is 10.2 Å². The fourth-order valence-corrected chi connectivity index (χ4v) is 5.08. The van der Waals surface area contributed by atoms with Gasteiger partial charge in [0.05, 0.1) is 11.4 Å². The van der Waals surface area contributed by atoms with Crippen LogP contribution in [0.4, 0.5) is 11.6 Å². The molecule has 1 N–H and O–H groups in total. The van der Waals surface area contributed by atoms with Crippen LogP contribution < -0.4 is 5.32 Å². The van der Waals surface area contributed by atoms with Crippen molar-refractivity contribution in [2.45, 2.75) is 32.2 Å². The summed E-state index contributed by atoms with van der Waals surface area (Å²) in [6, 6.07) is 6.42. The van der Waals surface area contributed by atoms with Crippen LogP contribution in [-0.4, -0.2) is 46.4 Å². The average molecular weight is 368 g/mol. The molecule has 0 fully saturated rings. The monoisotopic (exact) mass is 367 g/mol. The van der Waals surface area contributed by atoms with Crippen LogP contribution in [-0.2, 0) is 6.42 Å². The number of nitrogens with one attached hydrogen (secondary N) is 1. The van der Waals surface area contributed by atoms with E-state index in [-0.39, 0.29) is 0 Å². The van der Waals surface area contributed by atoms with Crippen molar-refractivity contribution in [2.75, 3.05) is 26.5 Å². The fraction of sp³-hybridized carbons (Fsp3) is 0.400. The molecule has 0 radical (unpaired) electrons. The molecule has 2 aliphatic rings. The molecule has 0 amide bonds. The molecule has 6 heteroatoms. The number of aromatic nitrogens is 2. The smallest absolute Gasteiger partial charge is 0.227 e. The SMILES string of the molecule is Cc1cc(C)cc(Nc2ncc3c(n2)C2=C(CC3)SC(N(C)C)N2C)c1. The molecule has 2 aromatic rings. The molecule has 0 saturated heterocycles. The third-order valence-corrected chi connectivity index (χ3v) is 6.46. The first-order valence-electron chi connectivity index (χ1n) is 8.93. The summed E-state index contributed by atoms with van der Waals surface area (Å²) in [5, 5.41) is 3.38. The van der Waals surface area contributed by atoms with E-state index < -0.39 is 0 Å². The Kier molecular flexibility index (Phi) is 4.40. The molecule has 5 nitrogen and oxygen atoms in total. The highest BCUT2D eigenvalue weighted by atomic mass is 32.2. The summed E-state index contributed by atoms with van der Waals surface area (Å²) < 4.78 is 0. The Morgan fingerprint density at radius 1 is 1.15 bits per heavy atom. The average Bonchev–Trinajstić information content (AvgIpc) is 2.91. The van der Waals surface area contributed by atoms with Gasteiger partial charge in [-0.15, -0.1) is 0 Å². The molecule has 26 heavy (non-hydrogen) atoms. The van der Waals surface area contributed by atoms with Crippen LogP contribution in [0, 0.1) is 13.8 Å². The summed E-state index contributed by atoms with van der Waals surface area (Å²) in [5.74, 6) is 0.661. The van der Waals surface area contributed by atoms with Crippen molar-refractivity contribution < 1.29 is 0 Å². The molecule has 1 aliphatic carbocycles. The minimum absolute atomic E-state index is 0.330. The molecule has 1 unspecified atom stereocenters. The maximum Gasteiger partial charge on any atom is 0.227 e. The van der Waals surface area contributed by atoms with Gasteiger partial charge in [0.25, 0.3) is 0 Å². The van der Waals surface area contributed by atoms with E-state index in [1.165, 1.54) is 27.3 Å². The van der Waals surface area contributed by atoms with Crippen molar-refractivity contribution in [1.82, 2.24) is 19.8 Å². The minimum atomic E-state index is 0.330. The number of thioether (sulfide) groups is 1. The molecule has 4 rings (SSSR count). The number of allylic oxidation sites excluding steroid dienone is 1. The van der Waals surface area contributed by atoms with Gasteiger partial charge in [-0.25, -0.2) is 9.97 Å². The molecule has 0 saturated carbocycles. The topological polar surface area (TPSA) is 44.3 Å². The van der Waals surface area contributed by atoms with Crippen LogP contribution in [0.25, 0.3) is 5.70 Å². The first-order valence-corrected chi connectivity index (χ1v) is 9.81. The van der Waals surface area contributed by atoms with E-state index in [1.54, 1.807) is 0 Å². The highest BCUT2D eigenvalue weighted by Gasteiger charge is 2.36. The third kappa shape index (κ3) is 3.08. The summed E-state index contributed by atoms with van der Waals surface area (Å²) in [7, 11) is 6.41. The molecule has 0 bridgehead atoms. The predicted molar refractivity (Wildman–Crippen MR) is 109 cm³/mol. The number of benzene rings is 1. The van der Waals surface area contributed by atoms with Gasteiger partial charge in [0.1, 0.15) is 5.50 Å². The quantitative estimate of drug-likeness (QED) is 0.885. The minimum Gasteiger partial charge on any atom is -0.348 e. The van der Waals surface area contributed by atoms with Gasteiger partial charge in [0.2, 0.25) is 5.95 Å². The second kappa shape index (κ2) is 6.59. The van der Waals surface area contributed by atoms with Crippen molar-refractivity contribution in [1.29, 1.82) is 0 Å². The largest absolute Gasteiger partial charge is 0.348 e. The Hall–Kier alpha value is -2.05. The fourth-order valence-electron chi connectivity index (χ4n) is 3.78. The van der Waals surface area contributed by atoms with E-state index >= 15 is 0 Å². The highest BCUT2D eigenvalue weighted by molar-refractivity contribution is 8.04. The lowest BCUT2D eigenvalue weighted by Gasteiger charge is -2.29. The van der Waals surface area contributed by atoms with Crippen molar-refractivity contribution in [3.8, 4) is 0 Å². The predicted octanol–water partition coefficient (Wildman–Crippen LogP) is 3.98. The van der Waals surface area contributed by atoms with E-state index in [0.29, 0.717) is 11.4 Å². The van der Waals surface area contributed by atoms with Gasteiger partial charge in [0, 0.05) is 23.8 Å². The normalized spacial score (nSPS) is 19.0. The van der Waals surface area contributed by atoms with E-state index in [0.717, 1.165) is 24.2 Å². The van der Waals surface area contributed by atoms with E-state index in [2.05, 4.69) is 73.3 Å². The van der Waals surface area contributed by atoms with Gasteiger partial charge in [-0.3, -0.25) is 4.90 Å². The number of rotatable bonds is 3. The summed E-state index contributed by atoms with van der Waals surface area (Å²) in [5.41, 5.74) is 7.41. The van der Waals surface area contributed by atoms with Crippen LogP contribution in [0.1, 0.15) is 28.8 Å². The van der Waals surface area contributed by atoms with E-state index in [9.17, 15) is 0 Å². The zero-order valence-electron chi connectivity index (χ0n) is 16.0. The van der Waals surface area contributed by atoms with Gasteiger partial charge in [-0.1, -0.05) is 17.8 Å². The van der Waals surface area contributed by atoms with E-state index in [4.69, 9.17) is 4.98 Å². The van der Waals surface area contributed by atoms with Crippen LogP contribution in [0.3, 0.4) is 0 Å². The standard InChI is InChI=1S/C20H25N5S/c1-12-8-13(2)10-15(9-12)22-19-21-11-14-6-7-16-18(17(14)23-19)25(5)20(26-16)24(3)4/h8-11,20H,6-7H2,1-5H3,(H,21,22,23). The lowest BCUT2D eigenvalue weighted by atomic mass is 10.0. The second-order valence-corrected chi connectivity index (χ2v) is 8.51. The van der Waals surface area contributed by atoms with Crippen molar-refractivity contribution in [2.24, 2.45) is 0 Å². The molecule has 2 heterocycles. The Bertz CT molecular complexity index is 870. The van der Waals surface area contributed by atoms with Crippen LogP contribution in [0.15, 0.2) is 29.3 Å². The van der Waals surface area contributed by atoms with Crippen LogP contribution in [0.5, 0.6) is 0 Å². The summed E-state index contributed by atoms with van der Waals surface area (Å²) >= 11 is 1.94. The molecule has 1 aromatic carbocycles. The molecule has 1 aliphatic heterocycles. The number of nitrogens with zero attached hydrogens (tertiary/aromatic N) is 4. The van der Waals surface area contributed by atoms with Gasteiger partial charge in [0.15, 0.2) is 0 Å². The Morgan fingerprint density at radius 2 is 1.88 bits per heavy atom. The van der Waals surface area contributed by atoms with Crippen molar-refractivity contribution >= 4 is 29.1 Å². The Morgan fingerprint density at radius 3 is 2.58 bits per heavy atom. The number of hydrogen-bond donors (Lipinski definition) is 1. The number of aryl methyl sites for hydroxylation is 3. The summed E-state index contributed by atoms with van der Waals surface area (Å²) in [4.78, 5) is 15.5. The lowest BCUT2D eigenvalue weighted by molar-refractivity contribution is 0.248. The van der Waals surface area contributed by atoms with E-state index in [1.807, 2.05) is 18.0 Å². The first kappa shape index (κ1) is 17.4. The van der Waals surface area contributed by atoms with Crippen molar-refractivity contribution in [3.63, 3.8) is 0 Å². The first-order chi connectivity index (χ1) is 12.4. The zero-order valence-corrected chi connectivity index (χ0v) is 16.8. The van der Waals surface area contributed by atoms with Crippen molar-refractivity contribution in [3.05, 3.63) is 51.7 Å². The third-order valence-electron chi connectivity index (χ3n) is 4.83. The second-order valence-electron chi connectivity index (χ2n) is 7.36. The summed E-state index contributed by atoms with van der Waals surface area (Å²) in [6.45, 7) is 4.21. The molecular weight excluding hydrogens is 342 g/mol. The van der Waals surface area contributed by atoms with Gasteiger partial charge in [-0.05, 0) is 69.6 Å². The lowest BCUT2D eigenvalue weighted by Crippen LogP contribution is -2.36. The highest BCUT2D eigenvalue weighted by Crippen LogP contribution is 2.47. The van der Waals surface area contributed by atoms with Crippen LogP contribution in [0.2, 0.25) is 0 Å². The number of fused-ring (bicyclic) bond motifs is 2. The summed E-state index contributed by atoms with van der Waals surface area (Å²) in [6.07, 6.45) is 4.08. The molecular formula is C20H25N5S. The van der Waals surface area contributed by atoms with Gasteiger partial charge >= 0.3 is 0 Å². The zero-order chi connectivity index (χ0) is 18.4. The number of anilines is 2. The molecule has 1 aromatic heterocycles.